The Balaban J connectivity index is 2.31. The van der Waals surface area contributed by atoms with Crippen molar-refractivity contribution in [3.8, 4) is 11.5 Å². The van der Waals surface area contributed by atoms with Crippen LogP contribution in [-0.2, 0) is 6.42 Å². The number of halogens is 3. The van der Waals surface area contributed by atoms with Crippen molar-refractivity contribution in [1.29, 1.82) is 0 Å². The second-order valence-corrected chi connectivity index (χ2v) is 5.24. The van der Waals surface area contributed by atoms with E-state index in [2.05, 4.69) is 0 Å². The molecule has 0 aliphatic heterocycles. The molecule has 112 valence electrons. The second kappa shape index (κ2) is 6.87. The summed E-state index contributed by atoms with van der Waals surface area (Å²) in [4.78, 5) is 0. The normalized spacial score (nSPS) is 12.2. The maximum Gasteiger partial charge on any atom is 0.168 e. The van der Waals surface area contributed by atoms with E-state index in [1.165, 1.54) is 6.07 Å². The van der Waals surface area contributed by atoms with Crippen molar-refractivity contribution in [3.63, 3.8) is 0 Å². The van der Waals surface area contributed by atoms with Crippen LogP contribution in [0.25, 0.3) is 0 Å². The number of hydrogen-bond acceptors (Lipinski definition) is 2. The molecule has 0 heterocycles. The fourth-order valence-corrected chi connectivity index (χ4v) is 2.06. The largest absolute Gasteiger partial charge is 0.454 e. The molecule has 2 rings (SSSR count). The standard InChI is InChI=1S/C16H16ClF2NO/c1-2-13(20)7-10-3-4-11(17)8-16(10)21-15-6-5-12(18)9-14(15)19/h3-6,8-9,13H,2,7,20H2,1H3. The predicted octanol–water partition coefficient (Wildman–Crippen LogP) is 4.69. The summed E-state index contributed by atoms with van der Waals surface area (Å²) in [6.07, 6.45) is 1.40. The highest BCUT2D eigenvalue weighted by Crippen LogP contribution is 2.31. The van der Waals surface area contributed by atoms with E-state index >= 15 is 0 Å². The molecule has 2 nitrogen and oxygen atoms in total. The fraction of sp³-hybridized carbons (Fsp3) is 0.250. The van der Waals surface area contributed by atoms with Crippen molar-refractivity contribution in [1.82, 2.24) is 0 Å². The average Bonchev–Trinajstić information content (AvgIpc) is 2.44. The molecule has 0 radical (unpaired) electrons. The van der Waals surface area contributed by atoms with Crippen molar-refractivity contribution >= 4 is 11.6 Å². The molecule has 0 spiro atoms. The van der Waals surface area contributed by atoms with E-state index in [0.29, 0.717) is 17.2 Å². The molecule has 1 atom stereocenters. The monoisotopic (exact) mass is 311 g/mol. The molecule has 0 aliphatic rings. The van der Waals surface area contributed by atoms with Gasteiger partial charge in [0.05, 0.1) is 0 Å². The third kappa shape index (κ3) is 4.16. The van der Waals surface area contributed by atoms with Gasteiger partial charge in [-0.05, 0) is 42.7 Å². The molecule has 0 saturated heterocycles. The van der Waals surface area contributed by atoms with E-state index < -0.39 is 11.6 Å². The Hall–Kier alpha value is -1.65. The van der Waals surface area contributed by atoms with Gasteiger partial charge in [0.2, 0.25) is 0 Å². The van der Waals surface area contributed by atoms with E-state index in [4.69, 9.17) is 22.1 Å². The van der Waals surface area contributed by atoms with Gasteiger partial charge in [-0.25, -0.2) is 8.78 Å². The third-order valence-electron chi connectivity index (χ3n) is 3.15. The summed E-state index contributed by atoms with van der Waals surface area (Å²) < 4.78 is 32.1. The van der Waals surface area contributed by atoms with Gasteiger partial charge in [0, 0.05) is 17.1 Å². The first-order chi connectivity index (χ1) is 9.99. The number of ether oxygens (including phenoxy) is 1. The summed E-state index contributed by atoms with van der Waals surface area (Å²) in [6.45, 7) is 1.99. The fourth-order valence-electron chi connectivity index (χ4n) is 1.90. The van der Waals surface area contributed by atoms with Crippen LogP contribution in [0.1, 0.15) is 18.9 Å². The third-order valence-corrected chi connectivity index (χ3v) is 3.38. The lowest BCUT2D eigenvalue weighted by Gasteiger charge is -2.15. The molecule has 2 aromatic carbocycles. The minimum atomic E-state index is -0.763. The molecule has 0 saturated carbocycles. The van der Waals surface area contributed by atoms with Gasteiger partial charge in [-0.2, -0.15) is 0 Å². The molecule has 21 heavy (non-hydrogen) atoms. The van der Waals surface area contributed by atoms with Crippen LogP contribution >= 0.6 is 11.6 Å². The van der Waals surface area contributed by atoms with Crippen molar-refractivity contribution in [3.05, 3.63) is 58.6 Å². The molecule has 0 bridgehead atoms. The highest BCUT2D eigenvalue weighted by atomic mass is 35.5. The quantitative estimate of drug-likeness (QED) is 0.869. The molecule has 0 aromatic heterocycles. The van der Waals surface area contributed by atoms with Crippen molar-refractivity contribution in [2.75, 3.05) is 0 Å². The van der Waals surface area contributed by atoms with Crippen LogP contribution < -0.4 is 10.5 Å². The van der Waals surface area contributed by atoms with Gasteiger partial charge in [-0.15, -0.1) is 0 Å². The van der Waals surface area contributed by atoms with E-state index in [0.717, 1.165) is 24.1 Å². The van der Waals surface area contributed by atoms with Gasteiger partial charge in [-0.3, -0.25) is 0 Å². The van der Waals surface area contributed by atoms with E-state index in [-0.39, 0.29) is 11.8 Å². The van der Waals surface area contributed by atoms with Crippen LogP contribution in [0.2, 0.25) is 5.02 Å². The van der Waals surface area contributed by atoms with E-state index in [1.54, 1.807) is 18.2 Å². The lowest BCUT2D eigenvalue weighted by Crippen LogP contribution is -2.21. The van der Waals surface area contributed by atoms with E-state index in [9.17, 15) is 8.78 Å². The average molecular weight is 312 g/mol. The SMILES string of the molecule is CCC(N)Cc1ccc(Cl)cc1Oc1ccc(F)cc1F. The van der Waals surface area contributed by atoms with Crippen LogP contribution in [0.5, 0.6) is 11.5 Å². The van der Waals surface area contributed by atoms with Crippen LogP contribution in [0.15, 0.2) is 36.4 Å². The van der Waals surface area contributed by atoms with Crippen LogP contribution in [-0.4, -0.2) is 6.04 Å². The van der Waals surface area contributed by atoms with Gasteiger partial charge in [-0.1, -0.05) is 24.6 Å². The Morgan fingerprint density at radius 1 is 1.14 bits per heavy atom. The Kier molecular flexibility index (Phi) is 5.15. The van der Waals surface area contributed by atoms with Crippen LogP contribution in [0.3, 0.4) is 0 Å². The summed E-state index contributed by atoms with van der Waals surface area (Å²) in [7, 11) is 0. The number of hydrogen-bond donors (Lipinski definition) is 1. The van der Waals surface area contributed by atoms with Gasteiger partial charge < -0.3 is 10.5 Å². The minimum absolute atomic E-state index is 0.0217. The van der Waals surface area contributed by atoms with Gasteiger partial charge in [0.25, 0.3) is 0 Å². The van der Waals surface area contributed by atoms with Crippen LogP contribution in [0, 0.1) is 11.6 Å². The first-order valence-corrected chi connectivity index (χ1v) is 7.04. The predicted molar refractivity (Wildman–Crippen MR) is 79.9 cm³/mol. The highest BCUT2D eigenvalue weighted by Gasteiger charge is 2.12. The highest BCUT2D eigenvalue weighted by molar-refractivity contribution is 6.30. The van der Waals surface area contributed by atoms with Crippen LogP contribution in [0.4, 0.5) is 8.78 Å². The van der Waals surface area contributed by atoms with E-state index in [1.807, 2.05) is 6.92 Å². The summed E-state index contributed by atoms with van der Waals surface area (Å²) in [5.41, 5.74) is 6.77. The zero-order valence-electron chi connectivity index (χ0n) is 11.6. The molecule has 0 aliphatic carbocycles. The Morgan fingerprint density at radius 3 is 2.57 bits per heavy atom. The van der Waals surface area contributed by atoms with Gasteiger partial charge in [0.1, 0.15) is 11.6 Å². The first-order valence-electron chi connectivity index (χ1n) is 6.66. The Morgan fingerprint density at radius 2 is 1.90 bits per heavy atom. The molecule has 0 amide bonds. The molecule has 0 fully saturated rings. The molecular formula is C16H16ClF2NO. The van der Waals surface area contributed by atoms with Gasteiger partial charge >= 0.3 is 0 Å². The number of nitrogens with two attached hydrogens (primary N) is 1. The smallest absolute Gasteiger partial charge is 0.168 e. The molecule has 2 aromatic rings. The maximum absolute atomic E-state index is 13.7. The first kappa shape index (κ1) is 15.7. The zero-order chi connectivity index (χ0) is 15.4. The Labute approximate surface area is 127 Å². The number of benzene rings is 2. The maximum atomic E-state index is 13.7. The summed E-state index contributed by atoms with van der Waals surface area (Å²) in [5, 5.41) is 0.473. The summed E-state index contributed by atoms with van der Waals surface area (Å²) in [5.74, 6) is -1.04. The summed E-state index contributed by atoms with van der Waals surface area (Å²) >= 11 is 5.95. The molecule has 2 N–H and O–H groups in total. The summed E-state index contributed by atoms with van der Waals surface area (Å²) in [6, 6.07) is 8.27. The number of rotatable bonds is 5. The zero-order valence-corrected chi connectivity index (χ0v) is 12.3. The van der Waals surface area contributed by atoms with Crippen molar-refractivity contribution in [2.45, 2.75) is 25.8 Å². The van der Waals surface area contributed by atoms with Crippen molar-refractivity contribution in [2.24, 2.45) is 5.73 Å². The molecule has 1 unspecified atom stereocenters. The lowest BCUT2D eigenvalue weighted by molar-refractivity contribution is 0.431. The second-order valence-electron chi connectivity index (χ2n) is 4.80. The minimum Gasteiger partial charge on any atom is -0.454 e. The lowest BCUT2D eigenvalue weighted by atomic mass is 10.0. The Bertz CT molecular complexity index is 634. The van der Waals surface area contributed by atoms with Gasteiger partial charge in [0.15, 0.2) is 11.6 Å². The topological polar surface area (TPSA) is 35.2 Å². The molecule has 5 heteroatoms. The molecular weight excluding hydrogens is 296 g/mol. The van der Waals surface area contributed by atoms with Crippen molar-refractivity contribution < 1.29 is 13.5 Å².